The molecule has 1 aromatic rings. The van der Waals surface area contributed by atoms with Crippen LogP contribution in [0.25, 0.3) is 0 Å². The Bertz CT molecular complexity index is 343. The molecule has 3 N–H and O–H groups in total. The number of aromatic nitrogens is 2. The van der Waals surface area contributed by atoms with Crippen molar-refractivity contribution in [2.45, 2.75) is 33.2 Å². The molecule has 0 unspecified atom stereocenters. The fourth-order valence-corrected chi connectivity index (χ4v) is 1.49. The molecule has 0 aromatic carbocycles. The maximum atomic E-state index is 11.3. The molecule has 72 valence electrons. The molecule has 1 aromatic heterocycles. The lowest BCUT2D eigenvalue weighted by molar-refractivity contribution is 0.819. The molecule has 0 aliphatic carbocycles. The normalized spacial score (nSPS) is 10.4. The van der Waals surface area contributed by atoms with Crippen LogP contribution in [0.2, 0.25) is 0 Å². The fraction of sp³-hybridized carbons (Fsp3) is 0.556. The molecular weight excluding hydrogens is 166 g/mol. The van der Waals surface area contributed by atoms with Crippen LogP contribution in [0, 0.1) is 0 Å². The maximum absolute atomic E-state index is 11.3. The highest BCUT2D eigenvalue weighted by molar-refractivity contribution is 5.27. The second-order valence-corrected chi connectivity index (χ2v) is 2.87. The van der Waals surface area contributed by atoms with Gasteiger partial charge in [-0.3, -0.25) is 4.79 Å². The van der Waals surface area contributed by atoms with E-state index >= 15 is 0 Å². The minimum Gasteiger partial charge on any atom is -0.326 e. The van der Waals surface area contributed by atoms with Crippen molar-refractivity contribution in [1.82, 2.24) is 10.2 Å². The Labute approximate surface area is 77.2 Å². The summed E-state index contributed by atoms with van der Waals surface area (Å²) in [7, 11) is 0. The third-order valence-electron chi connectivity index (χ3n) is 2.17. The first kappa shape index (κ1) is 9.92. The summed E-state index contributed by atoms with van der Waals surface area (Å²) in [6, 6.07) is 0. The predicted octanol–water partition coefficient (Wildman–Crippen LogP) is 0.353. The molecule has 0 aliphatic heterocycles. The van der Waals surface area contributed by atoms with Crippen molar-refractivity contribution in [3.8, 4) is 0 Å². The summed E-state index contributed by atoms with van der Waals surface area (Å²) in [4.78, 5) is 11.3. The fourth-order valence-electron chi connectivity index (χ4n) is 1.49. The van der Waals surface area contributed by atoms with Crippen molar-refractivity contribution in [1.29, 1.82) is 0 Å². The number of aromatic amines is 1. The van der Waals surface area contributed by atoms with Gasteiger partial charge in [-0.25, -0.2) is 5.10 Å². The van der Waals surface area contributed by atoms with Gasteiger partial charge in [-0.15, -0.1) is 0 Å². The average Bonchev–Trinajstić information content (AvgIpc) is 2.17. The lowest BCUT2D eigenvalue weighted by atomic mass is 10.0. The molecule has 0 spiro atoms. The Morgan fingerprint density at radius 3 is 2.46 bits per heavy atom. The third-order valence-corrected chi connectivity index (χ3v) is 2.17. The summed E-state index contributed by atoms with van der Waals surface area (Å²) in [5, 5.41) is 6.44. The number of hydrogen-bond acceptors (Lipinski definition) is 3. The molecule has 13 heavy (non-hydrogen) atoms. The van der Waals surface area contributed by atoms with Gasteiger partial charge in [-0.05, 0) is 18.4 Å². The van der Waals surface area contributed by atoms with E-state index in [1.807, 2.05) is 13.8 Å². The van der Waals surface area contributed by atoms with Gasteiger partial charge in [0.05, 0.1) is 5.69 Å². The molecule has 0 bridgehead atoms. The van der Waals surface area contributed by atoms with Crippen LogP contribution in [-0.2, 0) is 19.4 Å². The van der Waals surface area contributed by atoms with Gasteiger partial charge in [0.2, 0.25) is 0 Å². The van der Waals surface area contributed by atoms with Gasteiger partial charge in [0.15, 0.2) is 0 Å². The molecule has 0 saturated heterocycles. The first-order chi connectivity index (χ1) is 6.24. The summed E-state index contributed by atoms with van der Waals surface area (Å²) < 4.78 is 0. The second-order valence-electron chi connectivity index (χ2n) is 2.87. The molecule has 0 amide bonds. The summed E-state index contributed by atoms with van der Waals surface area (Å²) >= 11 is 0. The van der Waals surface area contributed by atoms with Gasteiger partial charge in [0.25, 0.3) is 5.56 Å². The number of hydrogen-bond donors (Lipinski definition) is 2. The van der Waals surface area contributed by atoms with Crippen LogP contribution in [-0.4, -0.2) is 10.2 Å². The van der Waals surface area contributed by atoms with Crippen molar-refractivity contribution in [3.05, 3.63) is 27.2 Å². The Morgan fingerprint density at radius 1 is 1.31 bits per heavy atom. The SMILES string of the molecule is CCc1n[nH]c(=O)c(CN)c1CC. The van der Waals surface area contributed by atoms with Crippen molar-refractivity contribution in [2.75, 3.05) is 0 Å². The quantitative estimate of drug-likeness (QED) is 0.707. The number of nitrogens with zero attached hydrogens (tertiary/aromatic N) is 1. The van der Waals surface area contributed by atoms with Gasteiger partial charge in [0, 0.05) is 12.1 Å². The van der Waals surface area contributed by atoms with E-state index in [2.05, 4.69) is 10.2 Å². The van der Waals surface area contributed by atoms with E-state index in [9.17, 15) is 4.79 Å². The van der Waals surface area contributed by atoms with Crippen LogP contribution >= 0.6 is 0 Å². The summed E-state index contributed by atoms with van der Waals surface area (Å²) in [6.45, 7) is 4.31. The van der Waals surface area contributed by atoms with E-state index in [1.54, 1.807) is 0 Å². The van der Waals surface area contributed by atoms with E-state index in [4.69, 9.17) is 5.73 Å². The molecule has 0 radical (unpaired) electrons. The van der Waals surface area contributed by atoms with Crippen LogP contribution in [0.5, 0.6) is 0 Å². The van der Waals surface area contributed by atoms with Gasteiger partial charge >= 0.3 is 0 Å². The smallest absolute Gasteiger partial charge is 0.268 e. The largest absolute Gasteiger partial charge is 0.326 e. The lowest BCUT2D eigenvalue weighted by Gasteiger charge is -2.07. The molecule has 4 nitrogen and oxygen atoms in total. The van der Waals surface area contributed by atoms with E-state index in [1.165, 1.54) is 0 Å². The van der Waals surface area contributed by atoms with E-state index < -0.39 is 0 Å². The highest BCUT2D eigenvalue weighted by atomic mass is 16.1. The summed E-state index contributed by atoms with van der Waals surface area (Å²) in [5.41, 5.74) is 7.98. The average molecular weight is 181 g/mol. The zero-order chi connectivity index (χ0) is 9.84. The number of aryl methyl sites for hydroxylation is 1. The zero-order valence-corrected chi connectivity index (χ0v) is 8.05. The van der Waals surface area contributed by atoms with Crippen LogP contribution in [0.15, 0.2) is 4.79 Å². The van der Waals surface area contributed by atoms with Crippen molar-refractivity contribution >= 4 is 0 Å². The molecule has 0 aliphatic rings. The molecule has 0 fully saturated rings. The zero-order valence-electron chi connectivity index (χ0n) is 8.05. The Morgan fingerprint density at radius 2 is 2.00 bits per heavy atom. The Balaban J connectivity index is 3.36. The van der Waals surface area contributed by atoms with Crippen molar-refractivity contribution in [3.63, 3.8) is 0 Å². The predicted molar refractivity (Wildman–Crippen MR) is 51.5 cm³/mol. The number of nitrogens with one attached hydrogen (secondary N) is 1. The number of nitrogens with two attached hydrogens (primary N) is 1. The highest BCUT2D eigenvalue weighted by Gasteiger charge is 2.09. The molecule has 0 atom stereocenters. The van der Waals surface area contributed by atoms with Crippen molar-refractivity contribution in [2.24, 2.45) is 5.73 Å². The first-order valence-corrected chi connectivity index (χ1v) is 4.53. The summed E-state index contributed by atoms with van der Waals surface area (Å²) in [5.74, 6) is 0. The minimum absolute atomic E-state index is 0.156. The number of H-pyrrole nitrogens is 1. The van der Waals surface area contributed by atoms with Crippen LogP contribution in [0.4, 0.5) is 0 Å². The van der Waals surface area contributed by atoms with E-state index in [0.29, 0.717) is 5.56 Å². The Kier molecular flexibility index (Phi) is 3.19. The molecule has 4 heteroatoms. The standard InChI is InChI=1S/C9H15N3O/c1-3-6-7(5-10)9(13)12-11-8(6)4-2/h3-5,10H2,1-2H3,(H,12,13). The third kappa shape index (κ3) is 1.78. The minimum atomic E-state index is -0.156. The van der Waals surface area contributed by atoms with Gasteiger partial charge in [-0.2, -0.15) is 5.10 Å². The second kappa shape index (κ2) is 4.18. The van der Waals surface area contributed by atoms with Gasteiger partial charge < -0.3 is 5.73 Å². The van der Waals surface area contributed by atoms with Gasteiger partial charge in [-0.1, -0.05) is 13.8 Å². The maximum Gasteiger partial charge on any atom is 0.268 e. The monoisotopic (exact) mass is 181 g/mol. The lowest BCUT2D eigenvalue weighted by Crippen LogP contribution is -2.22. The van der Waals surface area contributed by atoms with Crippen LogP contribution in [0.1, 0.15) is 30.7 Å². The topological polar surface area (TPSA) is 71.8 Å². The molecule has 1 heterocycles. The molecule has 1 rings (SSSR count). The number of rotatable bonds is 3. The van der Waals surface area contributed by atoms with Crippen molar-refractivity contribution < 1.29 is 0 Å². The highest BCUT2D eigenvalue weighted by Crippen LogP contribution is 2.08. The van der Waals surface area contributed by atoms with Crippen LogP contribution in [0.3, 0.4) is 0 Å². The molecule has 0 saturated carbocycles. The van der Waals surface area contributed by atoms with E-state index in [-0.39, 0.29) is 12.1 Å². The van der Waals surface area contributed by atoms with Gasteiger partial charge in [0.1, 0.15) is 0 Å². The summed E-state index contributed by atoms with van der Waals surface area (Å²) in [6.07, 6.45) is 1.64. The first-order valence-electron chi connectivity index (χ1n) is 4.53. The Hall–Kier alpha value is -1.16. The molecular formula is C9H15N3O. The van der Waals surface area contributed by atoms with E-state index in [0.717, 1.165) is 24.1 Å². The van der Waals surface area contributed by atoms with Crippen LogP contribution < -0.4 is 11.3 Å².